The van der Waals surface area contributed by atoms with Crippen molar-refractivity contribution in [2.24, 2.45) is 0 Å². The van der Waals surface area contributed by atoms with Crippen LogP contribution in [-0.4, -0.2) is 11.2 Å². The average Bonchev–Trinajstić information content (AvgIpc) is 1.41. The van der Waals surface area contributed by atoms with Gasteiger partial charge >= 0.3 is 27.5 Å². The van der Waals surface area contributed by atoms with Crippen LogP contribution in [-0.2, 0) is 27.5 Å². The zero-order valence-corrected chi connectivity index (χ0v) is 6.39. The normalized spacial score (nSPS) is 6.50. The number of hydrogen-bond acceptors (Lipinski definition) is 2. The van der Waals surface area contributed by atoms with Crippen molar-refractivity contribution >= 4 is 0 Å². The van der Waals surface area contributed by atoms with Gasteiger partial charge in [0.1, 0.15) is 0 Å². The summed E-state index contributed by atoms with van der Waals surface area (Å²) in [5.41, 5.74) is 0. The van der Waals surface area contributed by atoms with Gasteiger partial charge in [-0.1, -0.05) is 0 Å². The molecule has 0 unspecified atom stereocenters. The molecule has 0 aromatic carbocycles. The van der Waals surface area contributed by atoms with Crippen molar-refractivity contribution in [2.75, 3.05) is 0 Å². The number of aliphatic hydroxyl groups is 1. The van der Waals surface area contributed by atoms with Crippen LogP contribution >= 0.6 is 0 Å². The van der Waals surface area contributed by atoms with E-state index in [1.165, 1.54) is 0 Å². The molecule has 6 heavy (non-hydrogen) atoms. The molecule has 0 bridgehead atoms. The summed E-state index contributed by atoms with van der Waals surface area (Å²) in [5.74, 6) is 0. The molecule has 0 spiro atoms. The Balaban J connectivity index is 0. The molecule has 0 aliphatic rings. The van der Waals surface area contributed by atoms with E-state index in [1.807, 2.05) is 0 Å². The van der Waals surface area contributed by atoms with E-state index in [2.05, 4.69) is 0 Å². The topological polar surface area (TPSA) is 37.3 Å². The van der Waals surface area contributed by atoms with Gasteiger partial charge in [-0.25, -0.2) is 0 Å². The molecule has 0 saturated carbocycles. The maximum atomic E-state index is 8.34. The Bertz CT molecular complexity index is 20.0. The summed E-state index contributed by atoms with van der Waals surface area (Å²) in [6.45, 7) is 3.44. The summed E-state index contributed by atoms with van der Waals surface area (Å²) < 4.78 is 8.34. The molecule has 0 atom stereocenters. The minimum atomic E-state index is -0.167. The van der Waals surface area contributed by atoms with E-state index < -0.39 is 0 Å². The van der Waals surface area contributed by atoms with Gasteiger partial charge in [-0.3, -0.25) is 0 Å². The van der Waals surface area contributed by atoms with Crippen LogP contribution in [0, 0.1) is 0 Å². The summed E-state index contributed by atoms with van der Waals surface area (Å²) in [4.78, 5) is 0. The second kappa shape index (κ2) is 9.17. The van der Waals surface area contributed by atoms with Crippen LogP contribution in [0.3, 0.4) is 0 Å². The van der Waals surface area contributed by atoms with Crippen LogP contribution in [0.1, 0.15) is 13.8 Å². The average molecular weight is 167 g/mol. The van der Waals surface area contributed by atoms with Gasteiger partial charge in [-0.05, 0) is 13.8 Å². The third-order valence-corrected chi connectivity index (χ3v) is 0. The Morgan fingerprint density at radius 1 is 1.50 bits per heavy atom. The molecular weight excluding hydrogens is 159 g/mol. The van der Waals surface area contributed by atoms with E-state index in [4.69, 9.17) is 7.92 Å². The molecule has 0 rings (SSSR count). The monoisotopic (exact) mass is 166 g/mol. The van der Waals surface area contributed by atoms with Crippen molar-refractivity contribution in [3.05, 3.63) is 0 Å². The van der Waals surface area contributed by atoms with Crippen molar-refractivity contribution in [2.45, 2.75) is 20.0 Å². The first kappa shape index (κ1) is 9.81. The van der Waals surface area contributed by atoms with Crippen molar-refractivity contribution < 1.29 is 32.6 Å². The molecular formula is C3H8O2Zr. The quantitative estimate of drug-likeness (QED) is 0.562. The summed E-state index contributed by atoms with van der Waals surface area (Å²) in [7, 11) is 0. The van der Waals surface area contributed by atoms with E-state index in [1.54, 1.807) is 13.8 Å². The first-order valence-electron chi connectivity index (χ1n) is 1.62. The summed E-state index contributed by atoms with van der Waals surface area (Å²) >= 11 is 0.300. The third-order valence-electron chi connectivity index (χ3n) is 0. The Morgan fingerprint density at radius 3 is 1.50 bits per heavy atom. The zero-order chi connectivity index (χ0) is 5.58. The molecule has 0 heterocycles. The van der Waals surface area contributed by atoms with Gasteiger partial charge in [-0.2, -0.15) is 0 Å². The molecule has 0 saturated heterocycles. The fourth-order valence-electron chi connectivity index (χ4n) is 0. The van der Waals surface area contributed by atoms with E-state index in [0.717, 1.165) is 0 Å². The molecule has 1 N–H and O–H groups in total. The van der Waals surface area contributed by atoms with E-state index in [9.17, 15) is 0 Å². The second-order valence-corrected chi connectivity index (χ2v) is 1.09. The first-order valence-corrected chi connectivity index (χ1v) is 2.62. The Hall–Kier alpha value is 0.643. The molecule has 0 aliphatic heterocycles. The molecule has 0 aromatic heterocycles. The molecule has 0 amide bonds. The van der Waals surface area contributed by atoms with Crippen molar-refractivity contribution in [3.63, 3.8) is 0 Å². The van der Waals surface area contributed by atoms with Crippen molar-refractivity contribution in [1.29, 1.82) is 0 Å². The maximum absolute atomic E-state index is 8.34. The van der Waals surface area contributed by atoms with Crippen LogP contribution < -0.4 is 0 Å². The Morgan fingerprint density at radius 2 is 1.50 bits per heavy atom. The SMILES string of the molecule is CC(C)O.[O]=[Zr]. The molecule has 0 radical (unpaired) electrons. The summed E-state index contributed by atoms with van der Waals surface area (Å²) in [6, 6.07) is 0. The van der Waals surface area contributed by atoms with E-state index in [0.29, 0.717) is 24.7 Å². The number of hydrogen-bond donors (Lipinski definition) is 1. The van der Waals surface area contributed by atoms with Crippen molar-refractivity contribution in [1.82, 2.24) is 0 Å². The predicted molar refractivity (Wildman–Crippen MR) is 18.0 cm³/mol. The molecule has 0 fully saturated rings. The van der Waals surface area contributed by atoms with E-state index in [-0.39, 0.29) is 6.10 Å². The standard InChI is InChI=1S/C3H8O.O.Zr/c1-3(2)4;;/h3-4H,1-2H3;;. The number of rotatable bonds is 0. The van der Waals surface area contributed by atoms with Gasteiger partial charge in [0.15, 0.2) is 0 Å². The van der Waals surface area contributed by atoms with Gasteiger partial charge in [0.25, 0.3) is 0 Å². The van der Waals surface area contributed by atoms with Crippen molar-refractivity contribution in [3.8, 4) is 0 Å². The van der Waals surface area contributed by atoms with Gasteiger partial charge in [0, 0.05) is 6.10 Å². The fourth-order valence-corrected chi connectivity index (χ4v) is 0. The predicted octanol–water partition coefficient (Wildman–Crippen LogP) is 0.266. The molecule has 0 aromatic rings. The summed E-state index contributed by atoms with van der Waals surface area (Å²) in [5, 5.41) is 8.06. The van der Waals surface area contributed by atoms with Crippen LogP contribution in [0.15, 0.2) is 0 Å². The van der Waals surface area contributed by atoms with Crippen LogP contribution in [0.2, 0.25) is 0 Å². The molecule has 2 nitrogen and oxygen atoms in total. The Kier molecular flexibility index (Phi) is 15.0. The third kappa shape index (κ3) is 149. The van der Waals surface area contributed by atoms with Gasteiger partial charge in [-0.15, -0.1) is 0 Å². The van der Waals surface area contributed by atoms with Crippen LogP contribution in [0.25, 0.3) is 0 Å². The fraction of sp³-hybridized carbons (Fsp3) is 1.00. The van der Waals surface area contributed by atoms with Gasteiger partial charge in [0.2, 0.25) is 0 Å². The molecule has 0 aliphatic carbocycles. The van der Waals surface area contributed by atoms with Crippen LogP contribution in [0.4, 0.5) is 0 Å². The van der Waals surface area contributed by atoms with Gasteiger partial charge in [0.05, 0.1) is 0 Å². The zero-order valence-electron chi connectivity index (χ0n) is 3.93. The molecule has 36 valence electrons. The molecule has 3 heteroatoms. The minimum absolute atomic E-state index is 0.167. The Labute approximate surface area is 52.8 Å². The first-order chi connectivity index (χ1) is 2.73. The van der Waals surface area contributed by atoms with Gasteiger partial charge < -0.3 is 5.11 Å². The number of aliphatic hydroxyl groups excluding tert-OH is 1. The van der Waals surface area contributed by atoms with E-state index >= 15 is 0 Å². The summed E-state index contributed by atoms with van der Waals surface area (Å²) in [6.07, 6.45) is -0.167. The second-order valence-electron chi connectivity index (χ2n) is 1.09. The van der Waals surface area contributed by atoms with Crippen LogP contribution in [0.5, 0.6) is 0 Å².